The van der Waals surface area contributed by atoms with E-state index in [2.05, 4.69) is 30.6 Å². The molecule has 0 amide bonds. The van der Waals surface area contributed by atoms with Crippen LogP contribution in [-0.2, 0) is 13.0 Å². The van der Waals surface area contributed by atoms with E-state index in [-0.39, 0.29) is 43.1 Å². The fourth-order valence-corrected chi connectivity index (χ4v) is 3.15. The van der Waals surface area contributed by atoms with Crippen LogP contribution in [-0.4, -0.2) is 47.1 Å². The Bertz CT molecular complexity index is 1080. The fraction of sp³-hybridized carbons (Fsp3) is 0.350. The van der Waals surface area contributed by atoms with Gasteiger partial charge in [-0.15, -0.1) is 34.2 Å². The predicted molar refractivity (Wildman–Crippen MR) is 124 cm³/mol. The highest BCUT2D eigenvalue weighted by atomic mass is 127. The average Bonchev–Trinajstić information content (AvgIpc) is 3.38. The zero-order chi connectivity index (χ0) is 21.6. The van der Waals surface area contributed by atoms with E-state index < -0.39 is 6.61 Å². The lowest BCUT2D eigenvalue weighted by molar-refractivity contribution is -0.0505. The summed E-state index contributed by atoms with van der Waals surface area (Å²) in [6, 6.07) is 8.72. The molecule has 4 rings (SSSR count). The van der Waals surface area contributed by atoms with Gasteiger partial charge in [-0.3, -0.25) is 4.40 Å². The Morgan fingerprint density at radius 3 is 2.81 bits per heavy atom. The van der Waals surface area contributed by atoms with E-state index >= 15 is 0 Å². The Morgan fingerprint density at radius 1 is 1.22 bits per heavy atom. The normalized spacial score (nSPS) is 12.7. The molecular weight excluding hydrogens is 537 g/mol. The molecule has 0 aliphatic carbocycles. The molecule has 0 radical (unpaired) electrons. The smallest absolute Gasteiger partial charge is 0.387 e. The van der Waals surface area contributed by atoms with Crippen molar-refractivity contribution in [3.05, 3.63) is 47.9 Å². The van der Waals surface area contributed by atoms with Crippen molar-refractivity contribution in [3.63, 3.8) is 0 Å². The lowest BCUT2D eigenvalue weighted by Crippen LogP contribution is -2.38. The topological polar surface area (TPSA) is 94.3 Å². The van der Waals surface area contributed by atoms with E-state index in [0.717, 1.165) is 11.5 Å². The molecule has 3 heterocycles. The largest absolute Gasteiger partial charge is 0.454 e. The van der Waals surface area contributed by atoms with E-state index in [1.807, 2.05) is 35.7 Å². The van der Waals surface area contributed by atoms with Crippen LogP contribution in [0.4, 0.5) is 8.78 Å². The molecule has 0 bridgehead atoms. The van der Waals surface area contributed by atoms with Crippen molar-refractivity contribution in [1.82, 2.24) is 25.2 Å². The van der Waals surface area contributed by atoms with Crippen LogP contribution in [0.3, 0.4) is 0 Å². The highest BCUT2D eigenvalue weighted by Crippen LogP contribution is 2.39. The molecule has 2 N–H and O–H groups in total. The average molecular weight is 560 g/mol. The number of rotatable bonds is 8. The van der Waals surface area contributed by atoms with Crippen molar-refractivity contribution < 1.29 is 23.0 Å². The van der Waals surface area contributed by atoms with Gasteiger partial charge >= 0.3 is 6.61 Å². The monoisotopic (exact) mass is 560 g/mol. The molecule has 12 heteroatoms. The van der Waals surface area contributed by atoms with Crippen LogP contribution in [0.2, 0.25) is 0 Å². The van der Waals surface area contributed by atoms with E-state index in [4.69, 9.17) is 9.47 Å². The molecule has 3 aromatic rings. The number of nitrogens with zero attached hydrogens (tertiary/aromatic N) is 4. The Balaban J connectivity index is 0.00000289. The van der Waals surface area contributed by atoms with Gasteiger partial charge in [0.2, 0.25) is 6.79 Å². The molecule has 1 aliphatic heterocycles. The van der Waals surface area contributed by atoms with Crippen LogP contribution in [0.15, 0.2) is 41.5 Å². The number of guanidine groups is 1. The van der Waals surface area contributed by atoms with Gasteiger partial charge in [-0.25, -0.2) is 4.99 Å². The molecule has 2 aromatic heterocycles. The molecule has 0 spiro atoms. The number of hydrogen-bond donors (Lipinski definition) is 2. The second kappa shape index (κ2) is 11.1. The van der Waals surface area contributed by atoms with Gasteiger partial charge in [0.1, 0.15) is 11.6 Å². The summed E-state index contributed by atoms with van der Waals surface area (Å²) in [6.45, 7) is 0.339. The zero-order valence-corrected chi connectivity index (χ0v) is 19.6. The van der Waals surface area contributed by atoms with Crippen LogP contribution in [0.1, 0.15) is 18.3 Å². The first-order valence-corrected chi connectivity index (χ1v) is 9.82. The minimum atomic E-state index is -2.95. The minimum absolute atomic E-state index is 0. The third-order valence-corrected chi connectivity index (χ3v) is 4.55. The summed E-state index contributed by atoms with van der Waals surface area (Å²) in [6.07, 6.45) is 2.54. The van der Waals surface area contributed by atoms with Gasteiger partial charge in [0.25, 0.3) is 0 Å². The first-order chi connectivity index (χ1) is 15.1. The maximum atomic E-state index is 12.8. The Kier molecular flexibility index (Phi) is 8.25. The first kappa shape index (κ1) is 23.8. The molecule has 0 unspecified atom stereocenters. The third kappa shape index (κ3) is 5.66. The quantitative estimate of drug-likeness (QED) is 0.249. The minimum Gasteiger partial charge on any atom is -0.454 e. The van der Waals surface area contributed by atoms with Gasteiger partial charge in [0.15, 0.2) is 23.1 Å². The second-order valence-electron chi connectivity index (χ2n) is 6.61. The number of nitrogens with one attached hydrogen (secondary N) is 2. The molecule has 0 atom stereocenters. The molecule has 1 aromatic carbocycles. The number of fused-ring (bicyclic) bond motifs is 2. The van der Waals surface area contributed by atoms with Gasteiger partial charge in [-0.1, -0.05) is 6.07 Å². The molecule has 0 saturated heterocycles. The van der Waals surface area contributed by atoms with Gasteiger partial charge in [0.05, 0.1) is 6.54 Å². The van der Waals surface area contributed by atoms with Gasteiger partial charge in [-0.2, -0.15) is 8.78 Å². The number of alkyl halides is 2. The van der Waals surface area contributed by atoms with Crippen molar-refractivity contribution in [3.8, 4) is 17.2 Å². The summed E-state index contributed by atoms with van der Waals surface area (Å²) in [5.74, 6) is 2.21. The first-order valence-electron chi connectivity index (χ1n) is 9.82. The van der Waals surface area contributed by atoms with E-state index in [1.165, 1.54) is 6.07 Å². The molecule has 0 fully saturated rings. The SMILES string of the molecule is CCNC(=NCc1cc2c(cc1OC(F)F)OCO2)NCCc1nnc2ccccn12.I. The Hall–Kier alpha value is -2.90. The van der Waals surface area contributed by atoms with Gasteiger partial charge in [-0.05, 0) is 25.1 Å². The molecule has 0 saturated carbocycles. The van der Waals surface area contributed by atoms with Gasteiger partial charge < -0.3 is 24.8 Å². The second-order valence-corrected chi connectivity index (χ2v) is 6.61. The van der Waals surface area contributed by atoms with Crippen molar-refractivity contribution in [2.75, 3.05) is 19.9 Å². The third-order valence-electron chi connectivity index (χ3n) is 4.55. The molecule has 32 heavy (non-hydrogen) atoms. The molecule has 1 aliphatic rings. The van der Waals surface area contributed by atoms with Crippen LogP contribution in [0.5, 0.6) is 17.2 Å². The number of aliphatic imine (C=N–C) groups is 1. The van der Waals surface area contributed by atoms with Crippen LogP contribution < -0.4 is 24.8 Å². The Morgan fingerprint density at radius 2 is 2.03 bits per heavy atom. The van der Waals surface area contributed by atoms with E-state index in [9.17, 15) is 8.78 Å². The summed E-state index contributed by atoms with van der Waals surface area (Å²) < 4.78 is 42.8. The molecular formula is C20H23F2IN6O3. The summed E-state index contributed by atoms with van der Waals surface area (Å²) in [5.41, 5.74) is 1.25. The van der Waals surface area contributed by atoms with Gasteiger partial charge in [0, 0.05) is 37.3 Å². The fourth-order valence-electron chi connectivity index (χ4n) is 3.15. The Labute approximate surface area is 200 Å². The number of hydrogen-bond acceptors (Lipinski definition) is 6. The van der Waals surface area contributed by atoms with E-state index in [1.54, 1.807) is 6.07 Å². The number of aromatic nitrogens is 3. The van der Waals surface area contributed by atoms with Crippen LogP contribution >= 0.6 is 24.0 Å². The maximum absolute atomic E-state index is 12.8. The van der Waals surface area contributed by atoms with Crippen molar-refractivity contribution in [2.45, 2.75) is 26.5 Å². The lowest BCUT2D eigenvalue weighted by atomic mass is 10.1. The van der Waals surface area contributed by atoms with Crippen LogP contribution in [0.25, 0.3) is 5.65 Å². The van der Waals surface area contributed by atoms with Crippen molar-refractivity contribution in [1.29, 1.82) is 0 Å². The number of pyridine rings is 1. The maximum Gasteiger partial charge on any atom is 0.387 e. The molecule has 9 nitrogen and oxygen atoms in total. The summed E-state index contributed by atoms with van der Waals surface area (Å²) in [5, 5.41) is 14.7. The molecule has 172 valence electrons. The predicted octanol–water partition coefficient (Wildman–Crippen LogP) is 2.98. The summed E-state index contributed by atoms with van der Waals surface area (Å²) in [7, 11) is 0. The lowest BCUT2D eigenvalue weighted by Gasteiger charge is -2.13. The summed E-state index contributed by atoms with van der Waals surface area (Å²) >= 11 is 0. The number of ether oxygens (including phenoxy) is 3. The zero-order valence-electron chi connectivity index (χ0n) is 17.3. The summed E-state index contributed by atoms with van der Waals surface area (Å²) in [4.78, 5) is 4.49. The standard InChI is InChI=1S/C20H22F2N6O3.HI/c1-2-23-20(24-7-6-18-27-26-17-5-3-4-8-28(17)18)25-11-13-9-15-16(30-12-29-15)10-14(13)31-19(21)22;/h3-5,8-10,19H,2,6-7,11-12H2,1H3,(H2,23,24,25);1H. The van der Waals surface area contributed by atoms with Crippen molar-refractivity contribution in [2.24, 2.45) is 4.99 Å². The highest BCUT2D eigenvalue weighted by Gasteiger charge is 2.20. The van der Waals surface area contributed by atoms with Crippen molar-refractivity contribution >= 4 is 35.6 Å². The van der Waals surface area contributed by atoms with E-state index in [0.29, 0.717) is 42.5 Å². The number of halogens is 3. The number of benzene rings is 1. The van der Waals surface area contributed by atoms with Crippen LogP contribution in [0, 0.1) is 0 Å². The highest BCUT2D eigenvalue weighted by molar-refractivity contribution is 14.0.